The van der Waals surface area contributed by atoms with E-state index >= 15 is 0 Å². The summed E-state index contributed by atoms with van der Waals surface area (Å²) in [6, 6.07) is 9.95. The molecule has 0 bridgehead atoms. The van der Waals surface area contributed by atoms with Crippen molar-refractivity contribution in [1.29, 1.82) is 0 Å². The van der Waals surface area contributed by atoms with Crippen LogP contribution in [0.25, 0.3) is 6.08 Å². The molecule has 0 spiro atoms. The molecular weight excluding hydrogens is 304 g/mol. The maximum absolute atomic E-state index is 12.1. The number of hydrogen-bond acceptors (Lipinski definition) is 4. The molecule has 2 aromatic rings. The zero-order valence-electron chi connectivity index (χ0n) is 12.2. The number of phenols is 1. The van der Waals surface area contributed by atoms with Crippen LogP contribution >= 0.6 is 11.6 Å². The quantitative estimate of drug-likeness (QED) is 0.669. The van der Waals surface area contributed by atoms with Gasteiger partial charge in [0.05, 0.1) is 14.2 Å². The van der Waals surface area contributed by atoms with Gasteiger partial charge in [-0.05, 0) is 36.4 Å². The van der Waals surface area contributed by atoms with E-state index in [-0.39, 0.29) is 17.3 Å². The van der Waals surface area contributed by atoms with Crippen LogP contribution in [-0.2, 0) is 0 Å². The molecule has 0 radical (unpaired) electrons. The lowest BCUT2D eigenvalue weighted by atomic mass is 10.1. The molecule has 0 unspecified atom stereocenters. The number of ether oxygens (including phenoxy) is 2. The number of benzene rings is 2. The van der Waals surface area contributed by atoms with Gasteiger partial charge in [-0.2, -0.15) is 0 Å². The fourth-order valence-electron chi connectivity index (χ4n) is 1.96. The summed E-state index contributed by atoms with van der Waals surface area (Å²) in [5.74, 6) is 0.340. The number of carbonyl (C=O) groups is 1. The van der Waals surface area contributed by atoms with Gasteiger partial charge in [0.1, 0.15) is 0 Å². The Bertz CT molecular complexity index is 723. The third-order valence-corrected chi connectivity index (χ3v) is 3.31. The normalized spacial score (nSPS) is 10.7. The van der Waals surface area contributed by atoms with Gasteiger partial charge < -0.3 is 14.6 Å². The minimum absolute atomic E-state index is 0.0861. The van der Waals surface area contributed by atoms with E-state index in [2.05, 4.69) is 0 Å². The molecule has 0 atom stereocenters. The number of allylic oxidation sites excluding steroid dienone is 1. The van der Waals surface area contributed by atoms with Crippen molar-refractivity contribution in [2.45, 2.75) is 0 Å². The SMILES string of the molecule is COc1ccc(/C=C/C(=O)c2cccc(Cl)c2)c(O)c1OC. The lowest BCUT2D eigenvalue weighted by Crippen LogP contribution is -1.94. The third kappa shape index (κ3) is 3.40. The topological polar surface area (TPSA) is 55.8 Å². The summed E-state index contributed by atoms with van der Waals surface area (Å²) in [6.45, 7) is 0. The van der Waals surface area contributed by atoms with E-state index in [1.807, 2.05) is 0 Å². The number of aromatic hydroxyl groups is 1. The summed E-state index contributed by atoms with van der Waals surface area (Å²) in [5.41, 5.74) is 0.928. The number of phenolic OH excluding ortho intramolecular Hbond substituents is 1. The highest BCUT2D eigenvalue weighted by Gasteiger charge is 2.12. The average Bonchev–Trinajstić information content (AvgIpc) is 2.53. The molecule has 1 N–H and O–H groups in total. The Kier molecular flexibility index (Phi) is 5.07. The van der Waals surface area contributed by atoms with Crippen molar-refractivity contribution in [2.75, 3.05) is 14.2 Å². The molecular formula is C17H15ClO4. The summed E-state index contributed by atoms with van der Waals surface area (Å²) in [7, 11) is 2.91. The van der Waals surface area contributed by atoms with Crippen LogP contribution in [0.2, 0.25) is 5.02 Å². The van der Waals surface area contributed by atoms with Gasteiger partial charge in [0.25, 0.3) is 0 Å². The first-order chi connectivity index (χ1) is 10.6. The zero-order valence-corrected chi connectivity index (χ0v) is 12.9. The second-order valence-corrected chi connectivity index (χ2v) is 4.88. The standard InChI is InChI=1S/C17H15ClO4/c1-21-15-9-7-11(16(20)17(15)22-2)6-8-14(19)12-4-3-5-13(18)10-12/h3-10,20H,1-2H3/b8-6+. The molecule has 0 amide bonds. The number of methoxy groups -OCH3 is 2. The maximum Gasteiger partial charge on any atom is 0.203 e. The van der Waals surface area contributed by atoms with E-state index in [4.69, 9.17) is 21.1 Å². The van der Waals surface area contributed by atoms with E-state index in [9.17, 15) is 9.90 Å². The smallest absolute Gasteiger partial charge is 0.203 e. The van der Waals surface area contributed by atoms with Gasteiger partial charge >= 0.3 is 0 Å². The predicted molar refractivity (Wildman–Crippen MR) is 86.0 cm³/mol. The molecule has 4 nitrogen and oxygen atoms in total. The lowest BCUT2D eigenvalue weighted by Gasteiger charge is -2.10. The summed E-state index contributed by atoms with van der Waals surface area (Å²) in [6.07, 6.45) is 2.88. The average molecular weight is 319 g/mol. The Morgan fingerprint density at radius 2 is 1.95 bits per heavy atom. The van der Waals surface area contributed by atoms with Crippen molar-refractivity contribution in [3.63, 3.8) is 0 Å². The maximum atomic E-state index is 12.1. The first kappa shape index (κ1) is 15.9. The fourth-order valence-corrected chi connectivity index (χ4v) is 2.15. The van der Waals surface area contributed by atoms with Crippen molar-refractivity contribution in [3.8, 4) is 17.2 Å². The van der Waals surface area contributed by atoms with Crippen molar-refractivity contribution >= 4 is 23.5 Å². The van der Waals surface area contributed by atoms with Crippen LogP contribution < -0.4 is 9.47 Å². The van der Waals surface area contributed by atoms with Gasteiger partial charge in [0, 0.05) is 16.1 Å². The molecule has 0 aromatic heterocycles. The van der Waals surface area contributed by atoms with Crippen LogP contribution in [0.5, 0.6) is 17.2 Å². The third-order valence-electron chi connectivity index (χ3n) is 3.07. The number of halogens is 1. The Morgan fingerprint density at radius 1 is 1.18 bits per heavy atom. The highest BCUT2D eigenvalue weighted by Crippen LogP contribution is 2.39. The Balaban J connectivity index is 2.29. The Hall–Kier alpha value is -2.46. The van der Waals surface area contributed by atoms with Crippen molar-refractivity contribution in [1.82, 2.24) is 0 Å². The Labute approximate surface area is 133 Å². The minimum atomic E-state index is -0.211. The van der Waals surface area contributed by atoms with Crippen LogP contribution in [0.1, 0.15) is 15.9 Å². The summed E-state index contributed by atoms with van der Waals surface area (Å²) >= 11 is 5.86. The minimum Gasteiger partial charge on any atom is -0.504 e. The first-order valence-corrected chi connectivity index (χ1v) is 6.86. The number of hydrogen-bond donors (Lipinski definition) is 1. The highest BCUT2D eigenvalue weighted by atomic mass is 35.5. The predicted octanol–water partition coefficient (Wildman–Crippen LogP) is 3.96. The van der Waals surface area contributed by atoms with Crippen molar-refractivity contribution in [2.24, 2.45) is 0 Å². The van der Waals surface area contributed by atoms with Crippen molar-refractivity contribution < 1.29 is 19.4 Å². The van der Waals surface area contributed by atoms with Gasteiger partial charge in [-0.3, -0.25) is 4.79 Å². The molecule has 2 aromatic carbocycles. The van der Waals surface area contributed by atoms with E-state index in [0.29, 0.717) is 21.9 Å². The lowest BCUT2D eigenvalue weighted by molar-refractivity contribution is 0.104. The Morgan fingerprint density at radius 3 is 2.59 bits per heavy atom. The molecule has 2 rings (SSSR count). The van der Waals surface area contributed by atoms with Gasteiger partial charge in [-0.15, -0.1) is 0 Å². The number of carbonyl (C=O) groups excluding carboxylic acids is 1. The molecule has 0 aliphatic heterocycles. The van der Waals surface area contributed by atoms with Crippen LogP contribution in [0.15, 0.2) is 42.5 Å². The monoisotopic (exact) mass is 318 g/mol. The molecule has 0 heterocycles. The molecule has 0 fully saturated rings. The van der Waals surface area contributed by atoms with Crippen LogP contribution in [0, 0.1) is 0 Å². The summed E-state index contributed by atoms with van der Waals surface area (Å²) in [5, 5.41) is 10.6. The molecule has 0 saturated carbocycles. The van der Waals surface area contributed by atoms with E-state index in [0.717, 1.165) is 0 Å². The molecule has 0 saturated heterocycles. The first-order valence-electron chi connectivity index (χ1n) is 6.48. The van der Waals surface area contributed by atoms with Crippen LogP contribution in [-0.4, -0.2) is 25.1 Å². The number of ketones is 1. The summed E-state index contributed by atoms with van der Waals surface area (Å²) < 4.78 is 10.2. The number of rotatable bonds is 5. The van der Waals surface area contributed by atoms with Gasteiger partial charge in [0.15, 0.2) is 17.3 Å². The van der Waals surface area contributed by atoms with Gasteiger partial charge in [0.2, 0.25) is 5.75 Å². The van der Waals surface area contributed by atoms with Crippen molar-refractivity contribution in [3.05, 3.63) is 58.6 Å². The second kappa shape index (κ2) is 7.00. The summed E-state index contributed by atoms with van der Waals surface area (Å²) in [4.78, 5) is 12.1. The van der Waals surface area contributed by atoms with Gasteiger partial charge in [-0.25, -0.2) is 0 Å². The molecule has 22 heavy (non-hydrogen) atoms. The van der Waals surface area contributed by atoms with Crippen LogP contribution in [0.3, 0.4) is 0 Å². The van der Waals surface area contributed by atoms with Crippen LogP contribution in [0.4, 0.5) is 0 Å². The molecule has 0 aliphatic carbocycles. The molecule has 5 heteroatoms. The largest absolute Gasteiger partial charge is 0.504 e. The highest BCUT2D eigenvalue weighted by molar-refractivity contribution is 6.31. The molecule has 0 aliphatic rings. The van der Waals surface area contributed by atoms with E-state index < -0.39 is 0 Å². The zero-order chi connectivity index (χ0) is 16.1. The van der Waals surface area contributed by atoms with E-state index in [1.165, 1.54) is 26.4 Å². The second-order valence-electron chi connectivity index (χ2n) is 4.45. The van der Waals surface area contributed by atoms with Gasteiger partial charge in [-0.1, -0.05) is 23.7 Å². The molecule has 114 valence electrons. The fraction of sp³-hybridized carbons (Fsp3) is 0.118. The van der Waals surface area contributed by atoms with E-state index in [1.54, 1.807) is 36.4 Å².